The number of carboxylic acids is 1. The molecule has 0 bridgehead atoms. The summed E-state index contributed by atoms with van der Waals surface area (Å²) in [5.41, 5.74) is 0. The normalized spacial score (nSPS) is 14.2. The van der Waals surface area contributed by atoms with Crippen molar-refractivity contribution in [1.82, 2.24) is 0 Å². The molecule has 0 saturated carbocycles. The number of quaternary nitrogens is 1. The van der Waals surface area contributed by atoms with Crippen LogP contribution in [0.2, 0.25) is 0 Å². The molecule has 0 aliphatic heterocycles. The van der Waals surface area contributed by atoms with Crippen LogP contribution in [0.3, 0.4) is 0 Å². The van der Waals surface area contributed by atoms with E-state index in [1.807, 2.05) is 21.1 Å². The summed E-state index contributed by atoms with van der Waals surface area (Å²) in [5.74, 6) is -2.40. The summed E-state index contributed by atoms with van der Waals surface area (Å²) in [7, 11) is 5.89. The Morgan fingerprint density at radius 1 is 0.309 bits per heavy atom. The number of ether oxygens (including phenoxy) is 4. The van der Waals surface area contributed by atoms with Crippen molar-refractivity contribution in [2.24, 2.45) is 0 Å². The Labute approximate surface area is 592 Å². The van der Waals surface area contributed by atoms with Gasteiger partial charge in [-0.2, -0.15) is 0 Å². The topological polar surface area (TPSA) is 111 Å². The zero-order chi connectivity index (χ0) is 70.4. The van der Waals surface area contributed by atoms with Crippen LogP contribution in [0.1, 0.15) is 219 Å². The number of carbonyl (C=O) groups excluding carboxylic acids is 3. The van der Waals surface area contributed by atoms with E-state index in [1.54, 1.807) is 0 Å². The first-order valence-corrected chi connectivity index (χ1v) is 36.8. The zero-order valence-corrected chi connectivity index (χ0v) is 61.1. The van der Waals surface area contributed by atoms with E-state index in [1.165, 1.54) is 0 Å². The maximum atomic E-state index is 12.9. The summed E-state index contributed by atoms with van der Waals surface area (Å²) in [4.78, 5) is 37.5. The molecule has 97 heavy (non-hydrogen) atoms. The van der Waals surface area contributed by atoms with E-state index in [4.69, 9.17) is 18.9 Å². The summed E-state index contributed by atoms with van der Waals surface area (Å²) in [6.07, 6.45) is 119. The summed E-state index contributed by atoms with van der Waals surface area (Å²) in [5, 5.41) is 11.8. The minimum atomic E-state index is -1.66. The Morgan fingerprint density at radius 3 is 0.825 bits per heavy atom. The molecular weight excluding hydrogens is 1200 g/mol. The summed E-state index contributed by atoms with van der Waals surface area (Å²) >= 11 is 0. The summed E-state index contributed by atoms with van der Waals surface area (Å²) in [6.45, 7) is 4.40. The monoisotopic (exact) mass is 1330 g/mol. The molecule has 2 unspecified atom stereocenters. The molecule has 0 spiro atoms. The Morgan fingerprint density at radius 2 is 0.557 bits per heavy atom. The van der Waals surface area contributed by atoms with Crippen molar-refractivity contribution in [1.29, 1.82) is 0 Å². The highest BCUT2D eigenvalue weighted by atomic mass is 16.7. The predicted molar refractivity (Wildman–Crippen MR) is 415 cm³/mol. The lowest BCUT2D eigenvalue weighted by Gasteiger charge is -2.26. The molecule has 0 aliphatic carbocycles. The van der Waals surface area contributed by atoms with Crippen LogP contribution >= 0.6 is 0 Å². The van der Waals surface area contributed by atoms with Crippen molar-refractivity contribution in [3.05, 3.63) is 255 Å². The number of rotatable bonds is 64. The van der Waals surface area contributed by atoms with Crippen molar-refractivity contribution in [3.63, 3.8) is 0 Å². The predicted octanol–water partition coefficient (Wildman–Crippen LogP) is 22.5. The molecule has 0 amide bonds. The smallest absolute Gasteiger partial charge is 0.306 e. The zero-order valence-electron chi connectivity index (χ0n) is 61.1. The van der Waals surface area contributed by atoms with Crippen molar-refractivity contribution in [2.45, 2.75) is 232 Å². The Bertz CT molecular complexity index is 2550. The van der Waals surface area contributed by atoms with Gasteiger partial charge in [-0.3, -0.25) is 9.59 Å². The van der Waals surface area contributed by atoms with Gasteiger partial charge in [0.05, 0.1) is 40.3 Å². The van der Waals surface area contributed by atoms with Crippen LogP contribution in [0, 0.1) is 0 Å². The fourth-order valence-corrected chi connectivity index (χ4v) is 8.74. The molecule has 0 aliphatic rings. The van der Waals surface area contributed by atoms with Crippen LogP contribution in [-0.4, -0.2) is 82.3 Å². The summed E-state index contributed by atoms with van der Waals surface area (Å²) < 4.78 is 22.7. The molecule has 536 valence electrons. The highest BCUT2D eigenvalue weighted by Crippen LogP contribution is 2.12. The van der Waals surface area contributed by atoms with Crippen LogP contribution < -0.4 is 5.11 Å². The number of esters is 2. The van der Waals surface area contributed by atoms with E-state index in [2.05, 4.69) is 269 Å². The quantitative estimate of drug-likeness (QED) is 0.0195. The second kappa shape index (κ2) is 74.6. The van der Waals surface area contributed by atoms with E-state index in [9.17, 15) is 19.5 Å². The van der Waals surface area contributed by atoms with Gasteiger partial charge in [-0.25, -0.2) is 0 Å². The van der Waals surface area contributed by atoms with Gasteiger partial charge in [0.2, 0.25) is 0 Å². The lowest BCUT2D eigenvalue weighted by atomic mass is 10.1. The Kier molecular flexibility index (Phi) is 69.1. The van der Waals surface area contributed by atoms with E-state index < -0.39 is 30.3 Å². The molecule has 0 heterocycles. The van der Waals surface area contributed by atoms with Gasteiger partial charge in [-0.15, -0.1) is 0 Å². The van der Waals surface area contributed by atoms with E-state index in [0.29, 0.717) is 23.9 Å². The maximum absolute atomic E-state index is 12.9. The molecule has 0 N–H and O–H groups in total. The van der Waals surface area contributed by atoms with Gasteiger partial charge >= 0.3 is 11.9 Å². The van der Waals surface area contributed by atoms with Gasteiger partial charge in [0.25, 0.3) is 0 Å². The molecule has 0 aromatic carbocycles. The highest BCUT2D eigenvalue weighted by Gasteiger charge is 2.22. The van der Waals surface area contributed by atoms with Gasteiger partial charge in [-0.05, 0) is 173 Å². The van der Waals surface area contributed by atoms with E-state index in [-0.39, 0.29) is 32.7 Å². The van der Waals surface area contributed by atoms with Gasteiger partial charge in [0.15, 0.2) is 12.4 Å². The molecule has 0 rings (SSSR count). The molecule has 0 radical (unpaired) electrons. The first-order valence-electron chi connectivity index (χ1n) is 36.8. The van der Waals surface area contributed by atoms with Crippen LogP contribution in [-0.2, 0) is 33.3 Å². The van der Waals surface area contributed by atoms with E-state index >= 15 is 0 Å². The number of allylic oxidation sites excluding steroid dienone is 42. The van der Waals surface area contributed by atoms with Crippen LogP contribution in [0.5, 0.6) is 0 Å². The Hall–Kier alpha value is -7.17. The number of carbonyl (C=O) groups is 3. The van der Waals surface area contributed by atoms with Crippen molar-refractivity contribution in [2.75, 3.05) is 47.5 Å². The summed E-state index contributed by atoms with van der Waals surface area (Å²) in [6, 6.07) is 0. The molecule has 0 saturated heterocycles. The van der Waals surface area contributed by atoms with Gasteiger partial charge in [-0.1, -0.05) is 288 Å². The fourth-order valence-electron chi connectivity index (χ4n) is 8.74. The first kappa shape index (κ1) is 89.8. The lowest BCUT2D eigenvalue weighted by molar-refractivity contribution is -0.870. The van der Waals surface area contributed by atoms with Crippen molar-refractivity contribution in [3.8, 4) is 0 Å². The second-order valence-electron chi connectivity index (χ2n) is 24.4. The van der Waals surface area contributed by atoms with Crippen LogP contribution in [0.4, 0.5) is 0 Å². The molecule has 9 heteroatoms. The van der Waals surface area contributed by atoms with E-state index in [0.717, 1.165) is 180 Å². The van der Waals surface area contributed by atoms with Crippen LogP contribution in [0.15, 0.2) is 255 Å². The third kappa shape index (κ3) is 76.1. The fraction of sp³-hybridized carbons (Fsp3) is 0.489. The lowest BCUT2D eigenvalue weighted by Crippen LogP contribution is -2.44. The third-order valence-electron chi connectivity index (χ3n) is 14.3. The number of carboxylic acid groups (broad SMARTS) is 1. The minimum absolute atomic E-state index is 0.121. The van der Waals surface area contributed by atoms with Crippen molar-refractivity contribution < 1.29 is 42.9 Å². The van der Waals surface area contributed by atoms with Gasteiger partial charge in [0.1, 0.15) is 13.2 Å². The average molecular weight is 1330 g/mol. The Balaban J connectivity index is 4.33. The number of hydrogen-bond acceptors (Lipinski definition) is 8. The number of hydrogen-bond donors (Lipinski definition) is 0. The molecule has 9 nitrogen and oxygen atoms in total. The SMILES string of the molecule is CC/C=C\C/C=C\C/C=C\C/C=C\C/C=C\C/C=C\C/C=C\C/C=C\C/C=C\C/C=C\C/C=C\C/C=C\CCCCCCC(=O)OC(COC(=O)CCCCC/C=C\C/C=C\C/C=C\C/C=C\C/C=C\C/C=C\C/C=C\C/C=C\C/C=C\CC)COC(OCC[N+](C)(C)C)C(=O)[O-]. The number of likely N-dealkylation sites (N-methyl/N-ethyl adjacent to an activating group) is 1. The van der Waals surface area contributed by atoms with Crippen LogP contribution in [0.25, 0.3) is 0 Å². The number of nitrogens with zero attached hydrogens (tertiary/aromatic N) is 1. The first-order chi connectivity index (χ1) is 47.6. The van der Waals surface area contributed by atoms with Gasteiger partial charge < -0.3 is 33.3 Å². The maximum Gasteiger partial charge on any atom is 0.306 e. The minimum Gasteiger partial charge on any atom is -0.545 e. The standard InChI is InChI=1S/C88H131NO8/c1-6-8-10-12-14-16-18-20-22-24-26-28-30-32-34-36-38-39-40-41-42-43-44-45-46-47-49-51-53-55-57-59-61-63-65-67-69-71-73-75-77-79-86(91)97-84(83-96-88(87(92)93)94-81-80-89(3,4)5)82-95-85(90)78-76-74-72-70-68-66-64-62-60-58-56-54-52-50-48-37-35-33-31-29-27-25-23-21-19-17-15-13-11-9-7-2/h8-11,14-17,20-23,26-29,32-35,38-39,41-42,44-45,47-50,53-56,59-62,65-68,84,88H,6-7,12-13,18-19,24-25,30-31,36-37,40,43,46,51-52,57-58,63-64,69-83H2,1-5H3/b10-8-,11-9-,16-14-,17-15-,22-20-,23-21-,28-26-,29-27-,34-32-,35-33-,39-38-,42-41-,45-44-,49-47-,50-48-,55-53-,56-54-,61-59-,62-60-,67-65-,68-66-. The average Bonchev–Trinajstić information content (AvgIpc) is 3.27. The highest BCUT2D eigenvalue weighted by molar-refractivity contribution is 5.70. The molecule has 2 atom stereocenters. The number of aliphatic carboxylic acids is 1. The number of unbranched alkanes of at least 4 members (excludes halogenated alkanes) is 7. The third-order valence-corrected chi connectivity index (χ3v) is 14.3. The molecule has 0 fully saturated rings. The largest absolute Gasteiger partial charge is 0.545 e. The van der Waals surface area contributed by atoms with Crippen molar-refractivity contribution >= 4 is 17.9 Å². The molecular formula is C88H131NO8. The molecule has 0 aromatic heterocycles. The van der Waals surface area contributed by atoms with Gasteiger partial charge in [0, 0.05) is 12.8 Å². The second-order valence-corrected chi connectivity index (χ2v) is 24.4. The molecule has 0 aromatic rings.